The Labute approximate surface area is 353 Å². The molecular weight excluding hydrogens is 890 g/mol. The minimum Gasteiger partial charge on any atom is -0.368 e. The minimum atomic E-state index is -3.99. The first-order valence-electron chi connectivity index (χ1n) is 18.7. The lowest BCUT2D eigenvalue weighted by molar-refractivity contribution is -0.122. The van der Waals surface area contributed by atoms with E-state index in [0.717, 1.165) is 33.9 Å². The van der Waals surface area contributed by atoms with Crippen molar-refractivity contribution in [2.24, 2.45) is 18.7 Å². The second-order valence-corrected chi connectivity index (χ2v) is 20.9. The van der Waals surface area contributed by atoms with Gasteiger partial charge in [0, 0.05) is 30.9 Å². The number of carbonyl (C=O) groups is 1. The van der Waals surface area contributed by atoms with Crippen molar-refractivity contribution >= 4 is 65.0 Å². The standard InChI is InChI=1S/C39H35ClF6N8O6S2/c1-38(2,61(4,57)58)17-6-7-20-25(13-17)48-36(53(37(20)56)26-9-8-24(40)28-31(26)52(3)50-35(28)51-62(5,59)60)22(12-16-10-18(41)14-19(42)11-16)30(34(47)55)54-32-27(29(49-54)33(43)44)21-15-23(21)39(32,45)46/h6-11,13-14,21-23,30,33H,12,15H2,1-5H3,(H2,47,55)(H,50,51)/t21-,22-,23+,30?/m0/s1. The SMILES string of the molecule is Cn1nc(NS(C)(=O)=O)c2c(Cl)ccc(-n3c([C@@H](Cc4cc(F)cc(F)c4)C(C(N)=O)n4nc(C(F)F)c5c4C(F)(F)[C@@H]4C[C@H]54)nc4cc(C(C)(C)S(C)(=O)=O)ccc4c3=O)c21. The Balaban J connectivity index is 1.52. The first kappa shape index (κ1) is 43.2. The smallest absolute Gasteiger partial charge is 0.293 e. The van der Waals surface area contributed by atoms with Gasteiger partial charge in [-0.3, -0.25) is 23.6 Å². The number of nitrogens with one attached hydrogen (secondary N) is 1. The summed E-state index contributed by atoms with van der Waals surface area (Å²) in [6.07, 6.45) is -2.41. The normalized spacial score (nSPS) is 18.3. The van der Waals surface area contributed by atoms with Crippen LogP contribution in [0.4, 0.5) is 32.2 Å². The molecule has 3 heterocycles. The van der Waals surface area contributed by atoms with E-state index in [1.165, 1.54) is 51.2 Å². The molecule has 6 aromatic rings. The van der Waals surface area contributed by atoms with Crippen LogP contribution < -0.4 is 16.0 Å². The summed E-state index contributed by atoms with van der Waals surface area (Å²) < 4.78 is 145. The van der Waals surface area contributed by atoms with Gasteiger partial charge < -0.3 is 5.73 Å². The van der Waals surface area contributed by atoms with Crippen LogP contribution in [0.25, 0.3) is 27.5 Å². The number of aryl methyl sites for hydroxylation is 1. The highest BCUT2D eigenvalue weighted by atomic mass is 35.5. The fourth-order valence-electron chi connectivity index (χ4n) is 8.49. The molecule has 4 atom stereocenters. The number of nitrogens with two attached hydrogens (primary N) is 1. The van der Waals surface area contributed by atoms with Crippen LogP contribution >= 0.6 is 11.6 Å². The van der Waals surface area contributed by atoms with E-state index in [2.05, 4.69) is 14.9 Å². The maximum atomic E-state index is 16.2. The molecule has 0 saturated heterocycles. The van der Waals surface area contributed by atoms with Crippen molar-refractivity contribution in [1.82, 2.24) is 29.1 Å². The number of sulfonamides is 1. The lowest BCUT2D eigenvalue weighted by atomic mass is 9.89. The molecule has 2 aliphatic carbocycles. The third-order valence-electron chi connectivity index (χ3n) is 11.7. The third kappa shape index (κ3) is 6.89. The summed E-state index contributed by atoms with van der Waals surface area (Å²) in [5, 5.41) is 7.87. The summed E-state index contributed by atoms with van der Waals surface area (Å²) in [5.74, 6) is -12.5. The minimum absolute atomic E-state index is 0.0271. The highest BCUT2D eigenvalue weighted by Crippen LogP contribution is 2.68. The Bertz CT molecular complexity index is 3190. The quantitative estimate of drug-likeness (QED) is 0.134. The van der Waals surface area contributed by atoms with Gasteiger partial charge in [0.15, 0.2) is 15.7 Å². The first-order chi connectivity index (χ1) is 28.7. The van der Waals surface area contributed by atoms with Crippen molar-refractivity contribution in [2.75, 3.05) is 17.2 Å². The number of primary amides is 1. The van der Waals surface area contributed by atoms with Crippen LogP contribution in [-0.4, -0.2) is 64.4 Å². The first-order valence-corrected chi connectivity index (χ1v) is 22.8. The zero-order chi connectivity index (χ0) is 45.3. The van der Waals surface area contributed by atoms with Crippen molar-refractivity contribution in [3.05, 3.63) is 109 Å². The zero-order valence-corrected chi connectivity index (χ0v) is 35.5. The van der Waals surface area contributed by atoms with Crippen molar-refractivity contribution in [2.45, 2.75) is 61.7 Å². The van der Waals surface area contributed by atoms with Gasteiger partial charge in [-0.1, -0.05) is 17.7 Å². The largest absolute Gasteiger partial charge is 0.368 e. The molecule has 328 valence electrons. The predicted octanol–water partition coefficient (Wildman–Crippen LogP) is 6.25. The van der Waals surface area contributed by atoms with E-state index in [1.807, 2.05) is 0 Å². The number of halogens is 7. The Morgan fingerprint density at radius 3 is 2.29 bits per heavy atom. The van der Waals surface area contributed by atoms with E-state index in [1.54, 1.807) is 0 Å². The van der Waals surface area contributed by atoms with Crippen LogP contribution in [0.3, 0.4) is 0 Å². The number of carbonyl (C=O) groups excluding carboxylic acids is 1. The molecule has 8 rings (SSSR count). The predicted molar refractivity (Wildman–Crippen MR) is 216 cm³/mol. The van der Waals surface area contributed by atoms with Gasteiger partial charge in [-0.15, -0.1) is 0 Å². The van der Waals surface area contributed by atoms with Crippen LogP contribution in [0.15, 0.2) is 53.3 Å². The van der Waals surface area contributed by atoms with Crippen LogP contribution in [0, 0.1) is 17.6 Å². The van der Waals surface area contributed by atoms with Crippen molar-refractivity contribution < 1.29 is 48.0 Å². The van der Waals surface area contributed by atoms with Gasteiger partial charge in [-0.2, -0.15) is 19.0 Å². The van der Waals surface area contributed by atoms with Crippen LogP contribution in [0.2, 0.25) is 5.02 Å². The molecule has 62 heavy (non-hydrogen) atoms. The number of hydrogen-bond donors (Lipinski definition) is 2. The molecular formula is C39H35ClF6N8O6S2. The summed E-state index contributed by atoms with van der Waals surface area (Å²) in [7, 11) is -6.46. The second-order valence-electron chi connectivity index (χ2n) is 16.2. The average molecular weight is 925 g/mol. The number of sulfone groups is 1. The lowest BCUT2D eigenvalue weighted by Crippen LogP contribution is -2.39. The molecule has 0 radical (unpaired) electrons. The molecule has 23 heteroatoms. The summed E-state index contributed by atoms with van der Waals surface area (Å²) in [4.78, 5) is 33.9. The molecule has 1 fully saturated rings. The molecule has 1 saturated carbocycles. The number of fused-ring (bicyclic) bond motifs is 5. The van der Waals surface area contributed by atoms with Gasteiger partial charge in [0.2, 0.25) is 15.9 Å². The van der Waals surface area contributed by atoms with Crippen molar-refractivity contribution in [3.8, 4) is 5.69 Å². The number of rotatable bonds is 12. The monoisotopic (exact) mass is 924 g/mol. The molecule has 1 amide bonds. The molecule has 1 unspecified atom stereocenters. The number of alkyl halides is 4. The summed E-state index contributed by atoms with van der Waals surface area (Å²) in [5.41, 5.74) is 2.13. The summed E-state index contributed by atoms with van der Waals surface area (Å²) in [6, 6.07) is 6.54. The highest BCUT2D eigenvalue weighted by molar-refractivity contribution is 7.92. The molecule has 3 N–H and O–H groups in total. The number of aromatic nitrogens is 6. The summed E-state index contributed by atoms with van der Waals surface area (Å²) in [6.45, 7) is 2.79. The molecule has 14 nitrogen and oxygen atoms in total. The molecule has 0 spiro atoms. The van der Waals surface area contributed by atoms with E-state index in [4.69, 9.17) is 22.3 Å². The number of benzene rings is 3. The topological polar surface area (TPSA) is 194 Å². The van der Waals surface area contributed by atoms with E-state index >= 15 is 13.6 Å². The molecule has 3 aromatic carbocycles. The number of nitrogens with zero attached hydrogens (tertiary/aromatic N) is 6. The molecule has 3 aromatic heterocycles. The number of anilines is 1. The van der Waals surface area contributed by atoms with Gasteiger partial charge in [0.1, 0.15) is 34.9 Å². The van der Waals surface area contributed by atoms with Gasteiger partial charge >= 0.3 is 0 Å². The zero-order valence-electron chi connectivity index (χ0n) is 33.1. The maximum Gasteiger partial charge on any atom is 0.293 e. The van der Waals surface area contributed by atoms with E-state index in [0.29, 0.717) is 10.7 Å². The Kier molecular flexibility index (Phi) is 9.94. The van der Waals surface area contributed by atoms with Gasteiger partial charge in [-0.05, 0) is 80.1 Å². The van der Waals surface area contributed by atoms with Gasteiger partial charge in [0.05, 0.1) is 49.4 Å². The van der Waals surface area contributed by atoms with E-state index in [-0.39, 0.29) is 55.9 Å². The highest BCUT2D eigenvalue weighted by Gasteiger charge is 2.68. The van der Waals surface area contributed by atoms with Crippen molar-refractivity contribution in [3.63, 3.8) is 0 Å². The Morgan fingerprint density at radius 1 is 1.03 bits per heavy atom. The average Bonchev–Trinajstić information content (AvgIpc) is 3.67. The third-order valence-corrected chi connectivity index (χ3v) is 14.7. The molecule has 0 bridgehead atoms. The van der Waals surface area contributed by atoms with Crippen LogP contribution in [0.5, 0.6) is 0 Å². The van der Waals surface area contributed by atoms with E-state index < -0.39 is 113 Å². The summed E-state index contributed by atoms with van der Waals surface area (Å²) >= 11 is 6.61. The van der Waals surface area contributed by atoms with Crippen molar-refractivity contribution in [1.29, 1.82) is 0 Å². The fourth-order valence-corrected chi connectivity index (χ4v) is 9.78. The van der Waals surface area contributed by atoms with Gasteiger partial charge in [-0.25, -0.2) is 44.1 Å². The maximum absolute atomic E-state index is 16.2. The van der Waals surface area contributed by atoms with Gasteiger partial charge in [0.25, 0.3) is 17.9 Å². The molecule has 0 aliphatic heterocycles. The Hall–Kier alpha value is -5.48. The lowest BCUT2D eigenvalue weighted by Gasteiger charge is -2.30. The Morgan fingerprint density at radius 2 is 1.69 bits per heavy atom. The number of amides is 1. The molecule has 2 aliphatic rings. The van der Waals surface area contributed by atoms with Crippen LogP contribution in [0.1, 0.15) is 78.5 Å². The second kappa shape index (κ2) is 14.3. The van der Waals surface area contributed by atoms with Crippen LogP contribution in [-0.2, 0) is 48.8 Å². The van der Waals surface area contributed by atoms with E-state index in [9.17, 15) is 39.2 Å². The number of hydrogen-bond acceptors (Lipinski definition) is 9. The fraction of sp³-hybridized carbons (Fsp3) is 0.359.